The summed E-state index contributed by atoms with van der Waals surface area (Å²) in [6.45, 7) is 5.69. The largest absolute Gasteiger partial charge is 0.368 e. The van der Waals surface area contributed by atoms with Crippen LogP contribution in [0.1, 0.15) is 30.3 Å². The number of nitrogens with two attached hydrogens (primary N) is 1. The summed E-state index contributed by atoms with van der Waals surface area (Å²) in [6, 6.07) is 0. The Hall–Kier alpha value is -2.22. The van der Waals surface area contributed by atoms with Gasteiger partial charge in [0.1, 0.15) is 5.52 Å². The number of thiazole rings is 1. The van der Waals surface area contributed by atoms with Crippen molar-refractivity contribution in [1.29, 1.82) is 0 Å². The van der Waals surface area contributed by atoms with Gasteiger partial charge in [-0.25, -0.2) is 9.97 Å². The lowest BCUT2D eigenvalue weighted by Crippen LogP contribution is -2.06. The highest BCUT2D eigenvalue weighted by molar-refractivity contribution is 7.09. The number of aromatic nitrogens is 5. The van der Waals surface area contributed by atoms with Crippen molar-refractivity contribution in [1.82, 2.24) is 24.7 Å². The van der Waals surface area contributed by atoms with E-state index in [-0.39, 0.29) is 5.95 Å². The fourth-order valence-electron chi connectivity index (χ4n) is 2.19. The minimum absolute atomic E-state index is 0.264. The van der Waals surface area contributed by atoms with Gasteiger partial charge < -0.3 is 11.1 Å². The molecule has 8 heteroatoms. The second-order valence-corrected chi connectivity index (χ2v) is 6.07. The molecule has 0 radical (unpaired) electrons. The van der Waals surface area contributed by atoms with Gasteiger partial charge in [-0.15, -0.1) is 11.3 Å². The molecule has 0 amide bonds. The Kier molecular flexibility index (Phi) is 4.19. The maximum atomic E-state index is 5.79. The number of fused-ring (bicyclic) bond motifs is 1. The van der Waals surface area contributed by atoms with Gasteiger partial charge in [-0.2, -0.15) is 10.1 Å². The molecule has 0 aliphatic carbocycles. The Balaban J connectivity index is 1.91. The van der Waals surface area contributed by atoms with Gasteiger partial charge in [0.25, 0.3) is 0 Å². The number of hydrogen-bond acceptors (Lipinski definition) is 7. The molecule has 3 N–H and O–H groups in total. The summed E-state index contributed by atoms with van der Waals surface area (Å²) in [6.07, 6.45) is 4.10. The first-order valence-corrected chi connectivity index (χ1v) is 8.19. The number of nitrogens with zero attached hydrogens (tertiary/aromatic N) is 5. The first-order valence-electron chi connectivity index (χ1n) is 7.31. The quantitative estimate of drug-likeness (QED) is 0.678. The average molecular weight is 317 g/mol. The number of nitrogens with one attached hydrogen (secondary N) is 1. The topological polar surface area (TPSA) is 94.5 Å². The number of nitrogen functional groups attached to an aromatic ring is 1. The number of anilines is 2. The average Bonchev–Trinajstić information content (AvgIpc) is 3.06. The SMILES string of the molecule is CCCCNc1nc(N)nc2cn(Cc3scnc3C)nc12. The van der Waals surface area contributed by atoms with Crippen molar-refractivity contribution < 1.29 is 0 Å². The molecule has 3 aromatic rings. The van der Waals surface area contributed by atoms with Gasteiger partial charge in [-0.05, 0) is 13.3 Å². The van der Waals surface area contributed by atoms with Crippen LogP contribution in [0.3, 0.4) is 0 Å². The van der Waals surface area contributed by atoms with Gasteiger partial charge in [0.15, 0.2) is 11.3 Å². The van der Waals surface area contributed by atoms with Crippen LogP contribution in [-0.4, -0.2) is 31.3 Å². The molecule has 7 nitrogen and oxygen atoms in total. The van der Waals surface area contributed by atoms with Gasteiger partial charge in [0.2, 0.25) is 5.95 Å². The molecule has 0 saturated carbocycles. The Morgan fingerprint density at radius 2 is 2.23 bits per heavy atom. The molecule has 0 bridgehead atoms. The molecule has 0 fully saturated rings. The zero-order chi connectivity index (χ0) is 15.5. The molecule has 0 aliphatic rings. The van der Waals surface area contributed by atoms with E-state index in [1.807, 2.05) is 23.3 Å². The second kappa shape index (κ2) is 6.27. The summed E-state index contributed by atoms with van der Waals surface area (Å²) in [5.74, 6) is 0.968. The molecule has 0 saturated heterocycles. The fraction of sp³-hybridized carbons (Fsp3) is 0.429. The van der Waals surface area contributed by atoms with E-state index in [1.165, 1.54) is 4.88 Å². The fourth-order valence-corrected chi connectivity index (χ4v) is 2.96. The van der Waals surface area contributed by atoms with Crippen LogP contribution in [0.25, 0.3) is 11.0 Å². The van der Waals surface area contributed by atoms with Crippen molar-refractivity contribution in [3.8, 4) is 0 Å². The second-order valence-electron chi connectivity index (χ2n) is 5.13. The molecule has 0 unspecified atom stereocenters. The van der Waals surface area contributed by atoms with E-state index in [2.05, 4.69) is 32.3 Å². The Morgan fingerprint density at radius 3 is 2.95 bits per heavy atom. The predicted octanol–water partition coefficient (Wildman–Crippen LogP) is 2.43. The van der Waals surface area contributed by atoms with Crippen LogP contribution in [0, 0.1) is 6.92 Å². The van der Waals surface area contributed by atoms with Crippen LogP contribution in [0.4, 0.5) is 11.8 Å². The highest BCUT2D eigenvalue weighted by atomic mass is 32.1. The molecule has 3 rings (SSSR count). The van der Waals surface area contributed by atoms with Crippen LogP contribution >= 0.6 is 11.3 Å². The van der Waals surface area contributed by atoms with Crippen LogP contribution in [-0.2, 0) is 6.54 Å². The van der Waals surface area contributed by atoms with Crippen LogP contribution in [0.15, 0.2) is 11.7 Å². The van der Waals surface area contributed by atoms with Crippen LogP contribution < -0.4 is 11.1 Å². The number of hydrogen-bond donors (Lipinski definition) is 2. The minimum Gasteiger partial charge on any atom is -0.368 e. The number of unbranched alkanes of at least 4 members (excludes halogenated alkanes) is 1. The summed E-state index contributed by atoms with van der Waals surface area (Å²) in [7, 11) is 0. The maximum Gasteiger partial charge on any atom is 0.222 e. The molecular weight excluding hydrogens is 298 g/mol. The van der Waals surface area contributed by atoms with Crippen molar-refractivity contribution in [2.75, 3.05) is 17.6 Å². The normalized spacial score (nSPS) is 11.2. The molecule has 0 atom stereocenters. The van der Waals surface area contributed by atoms with Gasteiger partial charge in [0, 0.05) is 11.4 Å². The van der Waals surface area contributed by atoms with E-state index in [0.717, 1.165) is 36.1 Å². The molecule has 22 heavy (non-hydrogen) atoms. The molecular formula is C14H19N7S. The zero-order valence-corrected chi connectivity index (χ0v) is 13.5. The Morgan fingerprint density at radius 1 is 1.36 bits per heavy atom. The zero-order valence-electron chi connectivity index (χ0n) is 12.7. The third-order valence-electron chi connectivity index (χ3n) is 3.40. The van der Waals surface area contributed by atoms with E-state index in [9.17, 15) is 0 Å². The standard InChI is InChI=1S/C14H19N7S/c1-3-4-5-16-13-12-10(18-14(15)19-13)6-21(20-12)7-11-9(2)17-8-22-11/h6,8H,3-5,7H2,1-2H3,(H3,15,16,18,19). The highest BCUT2D eigenvalue weighted by Crippen LogP contribution is 2.21. The molecule has 0 spiro atoms. The van der Waals surface area contributed by atoms with Crippen molar-refractivity contribution in [3.63, 3.8) is 0 Å². The molecule has 116 valence electrons. The lowest BCUT2D eigenvalue weighted by atomic mass is 10.3. The lowest BCUT2D eigenvalue weighted by molar-refractivity contribution is 0.699. The molecule has 0 aliphatic heterocycles. The summed E-state index contributed by atoms with van der Waals surface area (Å²) in [4.78, 5) is 14.0. The van der Waals surface area contributed by atoms with Gasteiger partial charge in [0.05, 0.1) is 23.9 Å². The monoisotopic (exact) mass is 317 g/mol. The summed E-state index contributed by atoms with van der Waals surface area (Å²) in [5, 5.41) is 7.90. The number of aryl methyl sites for hydroxylation is 1. The van der Waals surface area contributed by atoms with Gasteiger partial charge in [-0.3, -0.25) is 4.68 Å². The molecule has 3 heterocycles. The number of rotatable bonds is 6. The van der Waals surface area contributed by atoms with E-state index < -0.39 is 0 Å². The highest BCUT2D eigenvalue weighted by Gasteiger charge is 2.12. The molecule has 0 aromatic carbocycles. The Labute approximate surface area is 132 Å². The molecule has 3 aromatic heterocycles. The first kappa shape index (κ1) is 14.7. The third-order valence-corrected chi connectivity index (χ3v) is 4.32. The van der Waals surface area contributed by atoms with E-state index in [1.54, 1.807) is 11.3 Å². The summed E-state index contributed by atoms with van der Waals surface area (Å²) < 4.78 is 1.87. The van der Waals surface area contributed by atoms with Crippen molar-refractivity contribution >= 4 is 34.1 Å². The summed E-state index contributed by atoms with van der Waals surface area (Å²) in [5.41, 5.74) is 10.2. The summed E-state index contributed by atoms with van der Waals surface area (Å²) >= 11 is 1.63. The first-order chi connectivity index (χ1) is 10.7. The lowest BCUT2D eigenvalue weighted by Gasteiger charge is -2.05. The van der Waals surface area contributed by atoms with Crippen LogP contribution in [0.5, 0.6) is 0 Å². The van der Waals surface area contributed by atoms with Crippen LogP contribution in [0.2, 0.25) is 0 Å². The van der Waals surface area contributed by atoms with E-state index in [0.29, 0.717) is 12.4 Å². The van der Waals surface area contributed by atoms with Gasteiger partial charge in [-0.1, -0.05) is 13.3 Å². The smallest absolute Gasteiger partial charge is 0.222 e. The minimum atomic E-state index is 0.264. The maximum absolute atomic E-state index is 5.79. The third kappa shape index (κ3) is 3.01. The van der Waals surface area contributed by atoms with E-state index >= 15 is 0 Å². The van der Waals surface area contributed by atoms with Crippen molar-refractivity contribution in [2.45, 2.75) is 33.2 Å². The van der Waals surface area contributed by atoms with Crippen molar-refractivity contribution in [3.05, 3.63) is 22.3 Å². The van der Waals surface area contributed by atoms with E-state index in [4.69, 9.17) is 5.73 Å². The Bertz CT molecular complexity index is 777. The predicted molar refractivity (Wildman–Crippen MR) is 89.1 cm³/mol. The van der Waals surface area contributed by atoms with Gasteiger partial charge >= 0.3 is 0 Å². The van der Waals surface area contributed by atoms with Crippen molar-refractivity contribution in [2.24, 2.45) is 0 Å².